The molecule has 0 aliphatic carbocycles. The van der Waals surface area contributed by atoms with Gasteiger partial charge >= 0.3 is 0 Å². The highest BCUT2D eigenvalue weighted by atomic mass is 35.5. The van der Waals surface area contributed by atoms with Gasteiger partial charge in [0.15, 0.2) is 11.5 Å². The van der Waals surface area contributed by atoms with E-state index in [1.165, 1.54) is 0 Å². The van der Waals surface area contributed by atoms with Gasteiger partial charge in [-0.1, -0.05) is 11.6 Å². The van der Waals surface area contributed by atoms with Crippen molar-refractivity contribution in [2.24, 2.45) is 5.73 Å². The highest BCUT2D eigenvalue weighted by Gasteiger charge is 2.17. The first-order chi connectivity index (χ1) is 6.18. The van der Waals surface area contributed by atoms with Gasteiger partial charge < -0.3 is 15.2 Å². The molecule has 1 aromatic carbocycles. The van der Waals surface area contributed by atoms with E-state index in [1.807, 2.05) is 13.0 Å². The minimum atomic E-state index is -0.0954. The molecule has 13 heavy (non-hydrogen) atoms. The van der Waals surface area contributed by atoms with Gasteiger partial charge in [0.1, 0.15) is 0 Å². The number of fused-ring (bicyclic) bond motifs is 1. The first-order valence-electron chi connectivity index (χ1n) is 4.03. The molecule has 4 heteroatoms. The van der Waals surface area contributed by atoms with Gasteiger partial charge in [0.25, 0.3) is 0 Å². The minimum Gasteiger partial charge on any atom is -0.454 e. The van der Waals surface area contributed by atoms with E-state index < -0.39 is 0 Å². The Morgan fingerprint density at radius 1 is 1.38 bits per heavy atom. The summed E-state index contributed by atoms with van der Waals surface area (Å²) in [7, 11) is 0. The summed E-state index contributed by atoms with van der Waals surface area (Å²) in [5, 5.41) is 0.624. The fourth-order valence-corrected chi connectivity index (χ4v) is 1.61. The molecule has 2 rings (SSSR count). The molecule has 1 aliphatic heterocycles. The van der Waals surface area contributed by atoms with Crippen LogP contribution in [0.5, 0.6) is 11.5 Å². The van der Waals surface area contributed by atoms with E-state index in [0.29, 0.717) is 10.8 Å². The highest BCUT2D eigenvalue weighted by Crippen LogP contribution is 2.38. The molecule has 0 fully saturated rings. The zero-order chi connectivity index (χ0) is 9.42. The lowest BCUT2D eigenvalue weighted by Crippen LogP contribution is -2.05. The third-order valence-electron chi connectivity index (χ3n) is 1.98. The van der Waals surface area contributed by atoms with Gasteiger partial charge in [-0.15, -0.1) is 0 Å². The first kappa shape index (κ1) is 8.66. The van der Waals surface area contributed by atoms with Gasteiger partial charge in [-0.3, -0.25) is 0 Å². The van der Waals surface area contributed by atoms with Crippen LogP contribution in [-0.2, 0) is 0 Å². The Morgan fingerprint density at radius 3 is 2.62 bits per heavy atom. The predicted molar refractivity (Wildman–Crippen MR) is 50.2 cm³/mol. The van der Waals surface area contributed by atoms with Crippen LogP contribution in [0.3, 0.4) is 0 Å². The molecular formula is C9H10ClNO2. The maximum Gasteiger partial charge on any atom is 0.231 e. The Hall–Kier alpha value is -0.930. The van der Waals surface area contributed by atoms with Gasteiger partial charge in [0.05, 0.1) is 0 Å². The monoisotopic (exact) mass is 199 g/mol. The lowest BCUT2D eigenvalue weighted by molar-refractivity contribution is 0.174. The molecule has 0 bridgehead atoms. The van der Waals surface area contributed by atoms with Crippen LogP contribution in [0, 0.1) is 0 Å². The molecule has 0 spiro atoms. The third-order valence-corrected chi connectivity index (χ3v) is 2.31. The number of hydrogen-bond donors (Lipinski definition) is 1. The number of halogens is 1. The number of benzene rings is 1. The molecule has 1 aliphatic rings. The van der Waals surface area contributed by atoms with Gasteiger partial charge in [-0.05, 0) is 18.6 Å². The van der Waals surface area contributed by atoms with Gasteiger partial charge in [0, 0.05) is 17.1 Å². The third kappa shape index (κ3) is 1.45. The second-order valence-electron chi connectivity index (χ2n) is 3.02. The van der Waals surface area contributed by atoms with Crippen LogP contribution in [0.25, 0.3) is 0 Å². The van der Waals surface area contributed by atoms with Crippen molar-refractivity contribution in [3.8, 4) is 11.5 Å². The predicted octanol–water partition coefficient (Wildman–Crippen LogP) is 2.09. The van der Waals surface area contributed by atoms with E-state index in [4.69, 9.17) is 26.8 Å². The van der Waals surface area contributed by atoms with Crippen LogP contribution in [0.4, 0.5) is 0 Å². The molecule has 0 unspecified atom stereocenters. The van der Waals surface area contributed by atoms with Crippen molar-refractivity contribution in [1.29, 1.82) is 0 Å². The number of nitrogens with two attached hydrogens (primary N) is 1. The molecule has 1 atom stereocenters. The Labute approximate surface area is 81.4 Å². The summed E-state index contributed by atoms with van der Waals surface area (Å²) in [6, 6.07) is 3.47. The summed E-state index contributed by atoms with van der Waals surface area (Å²) in [4.78, 5) is 0. The van der Waals surface area contributed by atoms with Crippen molar-refractivity contribution in [2.75, 3.05) is 6.79 Å². The number of hydrogen-bond acceptors (Lipinski definition) is 3. The molecule has 0 saturated heterocycles. The summed E-state index contributed by atoms with van der Waals surface area (Å²) in [5.74, 6) is 1.41. The Morgan fingerprint density at radius 2 is 2.00 bits per heavy atom. The van der Waals surface area contributed by atoms with Gasteiger partial charge in [-0.2, -0.15) is 0 Å². The molecule has 1 aromatic rings. The SMILES string of the molecule is C[C@@H](N)c1cc2c(cc1Cl)OCO2. The largest absolute Gasteiger partial charge is 0.454 e. The smallest absolute Gasteiger partial charge is 0.231 e. The summed E-state index contributed by atoms with van der Waals surface area (Å²) in [5.41, 5.74) is 6.61. The van der Waals surface area contributed by atoms with E-state index in [-0.39, 0.29) is 12.8 Å². The van der Waals surface area contributed by atoms with E-state index in [2.05, 4.69) is 0 Å². The lowest BCUT2D eigenvalue weighted by atomic mass is 10.1. The van der Waals surface area contributed by atoms with Crippen LogP contribution in [0.2, 0.25) is 5.02 Å². The number of ether oxygens (including phenoxy) is 2. The van der Waals surface area contributed by atoms with E-state index >= 15 is 0 Å². The normalized spacial score (nSPS) is 15.9. The Kier molecular flexibility index (Phi) is 2.06. The lowest BCUT2D eigenvalue weighted by Gasteiger charge is -2.08. The van der Waals surface area contributed by atoms with Crippen molar-refractivity contribution in [3.63, 3.8) is 0 Å². The fourth-order valence-electron chi connectivity index (χ4n) is 1.28. The average Bonchev–Trinajstić information content (AvgIpc) is 2.48. The van der Waals surface area contributed by atoms with Crippen molar-refractivity contribution >= 4 is 11.6 Å². The molecule has 0 radical (unpaired) electrons. The van der Waals surface area contributed by atoms with E-state index in [0.717, 1.165) is 11.3 Å². The summed E-state index contributed by atoms with van der Waals surface area (Å²) in [6.07, 6.45) is 0. The Balaban J connectivity index is 2.49. The summed E-state index contributed by atoms with van der Waals surface area (Å²) < 4.78 is 10.4. The topological polar surface area (TPSA) is 44.5 Å². The van der Waals surface area contributed by atoms with Gasteiger partial charge in [0.2, 0.25) is 6.79 Å². The van der Waals surface area contributed by atoms with Gasteiger partial charge in [-0.25, -0.2) is 0 Å². The summed E-state index contributed by atoms with van der Waals surface area (Å²) >= 11 is 5.99. The molecule has 1 heterocycles. The van der Waals surface area contributed by atoms with E-state index in [9.17, 15) is 0 Å². The molecular weight excluding hydrogens is 190 g/mol. The first-order valence-corrected chi connectivity index (χ1v) is 4.41. The van der Waals surface area contributed by atoms with Crippen molar-refractivity contribution in [2.45, 2.75) is 13.0 Å². The second kappa shape index (κ2) is 3.09. The average molecular weight is 200 g/mol. The van der Waals surface area contributed by atoms with E-state index in [1.54, 1.807) is 6.07 Å². The maximum atomic E-state index is 5.99. The molecule has 0 aromatic heterocycles. The molecule has 70 valence electrons. The highest BCUT2D eigenvalue weighted by molar-refractivity contribution is 6.31. The van der Waals surface area contributed by atoms with Crippen molar-refractivity contribution in [1.82, 2.24) is 0 Å². The van der Waals surface area contributed by atoms with Crippen LogP contribution < -0.4 is 15.2 Å². The second-order valence-corrected chi connectivity index (χ2v) is 3.42. The van der Waals surface area contributed by atoms with Crippen LogP contribution in [-0.4, -0.2) is 6.79 Å². The molecule has 2 N–H and O–H groups in total. The maximum absolute atomic E-state index is 5.99. The minimum absolute atomic E-state index is 0.0954. The quantitative estimate of drug-likeness (QED) is 0.753. The zero-order valence-electron chi connectivity index (χ0n) is 7.21. The zero-order valence-corrected chi connectivity index (χ0v) is 7.97. The van der Waals surface area contributed by atoms with Crippen LogP contribution >= 0.6 is 11.6 Å². The number of rotatable bonds is 1. The molecule has 0 saturated carbocycles. The summed E-state index contributed by atoms with van der Waals surface area (Å²) in [6.45, 7) is 2.14. The standard InChI is InChI=1S/C9H10ClNO2/c1-5(11)6-2-8-9(3-7(6)10)13-4-12-8/h2-3,5H,4,11H2,1H3/t5-/m1/s1. The van der Waals surface area contributed by atoms with Crippen LogP contribution in [0.15, 0.2) is 12.1 Å². The van der Waals surface area contributed by atoms with Crippen LogP contribution in [0.1, 0.15) is 18.5 Å². The molecule has 3 nitrogen and oxygen atoms in total. The fraction of sp³-hybridized carbons (Fsp3) is 0.333. The van der Waals surface area contributed by atoms with Crippen molar-refractivity contribution < 1.29 is 9.47 Å². The Bertz CT molecular complexity index is 339. The molecule has 0 amide bonds. The van der Waals surface area contributed by atoms with Crippen molar-refractivity contribution in [3.05, 3.63) is 22.7 Å².